The zero-order valence-corrected chi connectivity index (χ0v) is 13.9. The zero-order chi connectivity index (χ0) is 17.4. The molecule has 128 valence electrons. The summed E-state index contributed by atoms with van der Waals surface area (Å²) in [4.78, 5) is 17.2. The summed E-state index contributed by atoms with van der Waals surface area (Å²) in [5.74, 6) is 0.325. The lowest BCUT2D eigenvalue weighted by Crippen LogP contribution is -2.22. The SMILES string of the molecule is O=C(c1ccc2c(c1)N=CC2c1ccc(O)cc1)C1CCC(F)CC1. The molecule has 0 aromatic heterocycles. The lowest BCUT2D eigenvalue weighted by molar-refractivity contribution is 0.0858. The van der Waals surface area contributed by atoms with Crippen molar-refractivity contribution in [2.45, 2.75) is 37.8 Å². The van der Waals surface area contributed by atoms with Gasteiger partial charge in [0.2, 0.25) is 0 Å². The van der Waals surface area contributed by atoms with E-state index in [1.807, 2.05) is 36.5 Å². The molecule has 1 atom stereocenters. The van der Waals surface area contributed by atoms with E-state index in [-0.39, 0.29) is 23.4 Å². The number of hydrogen-bond donors (Lipinski definition) is 1. The van der Waals surface area contributed by atoms with E-state index in [9.17, 15) is 14.3 Å². The molecule has 2 aromatic rings. The van der Waals surface area contributed by atoms with Crippen molar-refractivity contribution in [2.75, 3.05) is 0 Å². The normalized spacial score (nSPS) is 24.9. The highest BCUT2D eigenvalue weighted by Gasteiger charge is 2.28. The summed E-state index contributed by atoms with van der Waals surface area (Å²) in [6.07, 6.45) is 3.37. The first-order valence-electron chi connectivity index (χ1n) is 8.77. The minimum atomic E-state index is -0.750. The Bertz CT molecular complexity index is 820. The van der Waals surface area contributed by atoms with E-state index in [1.165, 1.54) is 0 Å². The monoisotopic (exact) mass is 337 g/mol. The van der Waals surface area contributed by atoms with Gasteiger partial charge in [-0.2, -0.15) is 0 Å². The maximum absolute atomic E-state index is 13.3. The average Bonchev–Trinajstić information content (AvgIpc) is 3.05. The van der Waals surface area contributed by atoms with E-state index in [4.69, 9.17) is 0 Å². The molecule has 0 bridgehead atoms. The van der Waals surface area contributed by atoms with Gasteiger partial charge in [0.25, 0.3) is 0 Å². The predicted octanol–water partition coefficient (Wildman–Crippen LogP) is 4.95. The summed E-state index contributed by atoms with van der Waals surface area (Å²) in [7, 11) is 0. The molecule has 2 aliphatic rings. The first-order valence-corrected chi connectivity index (χ1v) is 8.77. The third-order valence-corrected chi connectivity index (χ3v) is 5.29. The lowest BCUT2D eigenvalue weighted by Gasteiger charge is -2.23. The predicted molar refractivity (Wildman–Crippen MR) is 95.7 cm³/mol. The Morgan fingerprint density at radius 3 is 2.48 bits per heavy atom. The van der Waals surface area contributed by atoms with E-state index in [0.29, 0.717) is 31.2 Å². The minimum Gasteiger partial charge on any atom is -0.508 e. The molecule has 1 unspecified atom stereocenters. The molecule has 25 heavy (non-hydrogen) atoms. The highest BCUT2D eigenvalue weighted by atomic mass is 19.1. The summed E-state index contributed by atoms with van der Waals surface area (Å²) >= 11 is 0. The number of halogens is 1. The summed E-state index contributed by atoms with van der Waals surface area (Å²) in [5, 5.41) is 9.44. The van der Waals surface area contributed by atoms with Gasteiger partial charge in [-0.15, -0.1) is 0 Å². The number of ketones is 1. The van der Waals surface area contributed by atoms with Crippen LogP contribution < -0.4 is 0 Å². The second-order valence-electron chi connectivity index (χ2n) is 6.93. The fraction of sp³-hybridized carbons (Fsp3) is 0.333. The second kappa shape index (κ2) is 6.43. The van der Waals surface area contributed by atoms with Gasteiger partial charge in [0, 0.05) is 23.6 Å². The van der Waals surface area contributed by atoms with Gasteiger partial charge in [0.15, 0.2) is 5.78 Å². The topological polar surface area (TPSA) is 49.7 Å². The third kappa shape index (κ3) is 3.09. The number of carbonyl (C=O) groups excluding carboxylic acids is 1. The fourth-order valence-electron chi connectivity index (χ4n) is 3.80. The van der Waals surface area contributed by atoms with Gasteiger partial charge in [-0.3, -0.25) is 9.79 Å². The van der Waals surface area contributed by atoms with Crippen LogP contribution in [-0.4, -0.2) is 23.3 Å². The smallest absolute Gasteiger partial charge is 0.166 e. The number of alkyl halides is 1. The maximum Gasteiger partial charge on any atom is 0.166 e. The quantitative estimate of drug-likeness (QED) is 0.806. The summed E-state index contributed by atoms with van der Waals surface area (Å²) in [6.45, 7) is 0. The van der Waals surface area contributed by atoms with Crippen LogP contribution in [0, 0.1) is 5.92 Å². The van der Waals surface area contributed by atoms with E-state index >= 15 is 0 Å². The highest BCUT2D eigenvalue weighted by Crippen LogP contribution is 2.38. The standard InChI is InChI=1S/C21H20FNO2/c22-16-6-1-14(2-7-16)21(25)15-5-10-18-19(12-23-20(18)11-15)13-3-8-17(24)9-4-13/h3-5,8-12,14,16,19,24H,1-2,6-7H2. The van der Waals surface area contributed by atoms with Gasteiger partial charge in [-0.25, -0.2) is 4.39 Å². The van der Waals surface area contributed by atoms with Gasteiger partial charge in [-0.1, -0.05) is 24.3 Å². The van der Waals surface area contributed by atoms with Crippen LogP contribution in [0.15, 0.2) is 47.5 Å². The Balaban J connectivity index is 1.56. The van der Waals surface area contributed by atoms with E-state index < -0.39 is 6.17 Å². The number of aliphatic imine (C=N–C) groups is 1. The highest BCUT2D eigenvalue weighted by molar-refractivity contribution is 5.99. The molecule has 0 saturated heterocycles. The number of fused-ring (bicyclic) bond motifs is 1. The molecule has 1 N–H and O–H groups in total. The van der Waals surface area contributed by atoms with Crippen LogP contribution >= 0.6 is 0 Å². The molecular weight excluding hydrogens is 317 g/mol. The van der Waals surface area contributed by atoms with Crippen molar-refractivity contribution >= 4 is 17.7 Å². The van der Waals surface area contributed by atoms with Crippen molar-refractivity contribution in [2.24, 2.45) is 10.9 Å². The maximum atomic E-state index is 13.3. The number of benzene rings is 2. The molecule has 0 amide bonds. The number of hydrogen-bond acceptors (Lipinski definition) is 3. The Morgan fingerprint density at radius 1 is 1.04 bits per heavy atom. The first kappa shape index (κ1) is 16.0. The van der Waals surface area contributed by atoms with Gasteiger partial charge >= 0.3 is 0 Å². The Morgan fingerprint density at radius 2 is 1.76 bits per heavy atom. The van der Waals surface area contributed by atoms with Crippen molar-refractivity contribution < 1.29 is 14.3 Å². The third-order valence-electron chi connectivity index (χ3n) is 5.29. The second-order valence-corrected chi connectivity index (χ2v) is 6.93. The van der Waals surface area contributed by atoms with E-state index in [0.717, 1.165) is 16.8 Å². The van der Waals surface area contributed by atoms with Crippen LogP contribution in [0.5, 0.6) is 5.75 Å². The number of carbonyl (C=O) groups is 1. The Labute approximate surface area is 146 Å². The van der Waals surface area contributed by atoms with Gasteiger partial charge < -0.3 is 5.11 Å². The molecule has 3 nitrogen and oxygen atoms in total. The lowest BCUT2D eigenvalue weighted by atomic mass is 9.82. The molecule has 1 fully saturated rings. The number of phenols is 1. The Kier molecular flexibility index (Phi) is 4.12. The van der Waals surface area contributed by atoms with Crippen LogP contribution in [0.25, 0.3) is 0 Å². The molecule has 4 heteroatoms. The summed E-state index contributed by atoms with van der Waals surface area (Å²) in [6, 6.07) is 12.8. The number of nitrogens with zero attached hydrogens (tertiary/aromatic N) is 1. The largest absolute Gasteiger partial charge is 0.508 e. The van der Waals surface area contributed by atoms with Crippen LogP contribution in [0.3, 0.4) is 0 Å². The number of phenolic OH excluding ortho intramolecular Hbond substituents is 1. The van der Waals surface area contributed by atoms with Crippen molar-refractivity contribution in [1.82, 2.24) is 0 Å². The molecule has 0 spiro atoms. The molecule has 0 radical (unpaired) electrons. The van der Waals surface area contributed by atoms with E-state index in [1.54, 1.807) is 12.1 Å². The number of aromatic hydroxyl groups is 1. The molecular formula is C21H20FNO2. The average molecular weight is 337 g/mol. The molecule has 1 heterocycles. The fourth-order valence-corrected chi connectivity index (χ4v) is 3.80. The van der Waals surface area contributed by atoms with Crippen molar-refractivity contribution in [3.8, 4) is 5.75 Å². The van der Waals surface area contributed by atoms with Gasteiger partial charge in [-0.05, 0) is 55.0 Å². The molecule has 1 aliphatic carbocycles. The molecule has 1 aliphatic heterocycles. The summed E-state index contributed by atoms with van der Waals surface area (Å²) < 4.78 is 13.3. The number of rotatable bonds is 3. The zero-order valence-electron chi connectivity index (χ0n) is 13.9. The Hall–Kier alpha value is -2.49. The number of Topliss-reactive ketones (excluding diaryl/α,β-unsaturated/α-hetero) is 1. The molecule has 4 rings (SSSR count). The van der Waals surface area contributed by atoms with E-state index in [2.05, 4.69) is 4.99 Å². The molecule has 1 saturated carbocycles. The minimum absolute atomic E-state index is 0.0433. The molecule has 2 aromatic carbocycles. The van der Waals surface area contributed by atoms with Crippen molar-refractivity contribution in [1.29, 1.82) is 0 Å². The van der Waals surface area contributed by atoms with Crippen LogP contribution in [0.4, 0.5) is 10.1 Å². The van der Waals surface area contributed by atoms with Crippen molar-refractivity contribution in [3.05, 3.63) is 59.2 Å². The first-order chi connectivity index (χ1) is 12.1. The van der Waals surface area contributed by atoms with Crippen LogP contribution in [0.1, 0.15) is 53.1 Å². The van der Waals surface area contributed by atoms with Crippen LogP contribution in [-0.2, 0) is 0 Å². The van der Waals surface area contributed by atoms with Crippen molar-refractivity contribution in [3.63, 3.8) is 0 Å². The van der Waals surface area contributed by atoms with Crippen LogP contribution in [0.2, 0.25) is 0 Å². The van der Waals surface area contributed by atoms with Gasteiger partial charge in [0.1, 0.15) is 11.9 Å². The van der Waals surface area contributed by atoms with Gasteiger partial charge in [0.05, 0.1) is 5.69 Å². The summed E-state index contributed by atoms with van der Waals surface area (Å²) in [5.41, 5.74) is 3.61.